The van der Waals surface area contributed by atoms with Crippen LogP contribution < -0.4 is 0 Å². The Morgan fingerprint density at radius 3 is 1.53 bits per heavy atom. The predicted molar refractivity (Wildman–Crippen MR) is 123 cm³/mol. The third-order valence-electron chi connectivity index (χ3n) is 6.21. The Kier molecular flexibility index (Phi) is 14.9. The molecule has 0 radical (unpaired) electrons. The minimum atomic E-state index is -0.309. The number of rotatable bonds is 16. The lowest BCUT2D eigenvalue weighted by atomic mass is 9.79. The van der Waals surface area contributed by atoms with Crippen LogP contribution in [0, 0.1) is 23.7 Å². The highest BCUT2D eigenvalue weighted by Crippen LogP contribution is 2.32. The van der Waals surface area contributed by atoms with Crippen LogP contribution in [0.5, 0.6) is 0 Å². The van der Waals surface area contributed by atoms with Crippen LogP contribution in [0.1, 0.15) is 118 Å². The van der Waals surface area contributed by atoms with Crippen LogP contribution in [-0.2, 0) is 19.1 Å². The van der Waals surface area contributed by atoms with Gasteiger partial charge in [-0.15, -0.1) is 0 Å². The molecule has 0 aromatic heterocycles. The number of ether oxygens (including phenoxy) is 2. The summed E-state index contributed by atoms with van der Waals surface area (Å²) < 4.78 is 11.0. The van der Waals surface area contributed by atoms with E-state index in [2.05, 4.69) is 27.7 Å². The first kappa shape index (κ1) is 27.0. The van der Waals surface area contributed by atoms with Crippen molar-refractivity contribution in [3.05, 3.63) is 0 Å². The topological polar surface area (TPSA) is 52.6 Å². The lowest BCUT2D eigenvalue weighted by molar-refractivity contribution is -0.163. The maximum Gasteiger partial charge on any atom is 0.309 e. The first-order chi connectivity index (χ1) is 14.4. The van der Waals surface area contributed by atoms with E-state index < -0.39 is 0 Å². The highest BCUT2D eigenvalue weighted by Gasteiger charge is 2.37. The van der Waals surface area contributed by atoms with E-state index in [1.165, 1.54) is 38.5 Å². The zero-order valence-electron chi connectivity index (χ0n) is 20.3. The molecule has 4 heteroatoms. The van der Waals surface area contributed by atoms with Crippen LogP contribution in [0.15, 0.2) is 0 Å². The molecule has 0 spiro atoms. The zero-order valence-corrected chi connectivity index (χ0v) is 20.3. The highest BCUT2D eigenvalue weighted by atomic mass is 16.5. The van der Waals surface area contributed by atoms with Crippen molar-refractivity contribution in [1.82, 2.24) is 0 Å². The lowest BCUT2D eigenvalue weighted by Crippen LogP contribution is -2.35. The van der Waals surface area contributed by atoms with E-state index in [9.17, 15) is 9.59 Å². The van der Waals surface area contributed by atoms with E-state index >= 15 is 0 Å². The molecule has 1 fully saturated rings. The molecule has 0 saturated heterocycles. The summed E-state index contributed by atoms with van der Waals surface area (Å²) in [6, 6.07) is 0. The van der Waals surface area contributed by atoms with Crippen LogP contribution in [0.3, 0.4) is 0 Å². The Morgan fingerprint density at radius 1 is 0.633 bits per heavy atom. The summed E-state index contributed by atoms with van der Waals surface area (Å²) in [7, 11) is 0. The van der Waals surface area contributed by atoms with Crippen molar-refractivity contribution in [3.63, 3.8) is 0 Å². The first-order valence-corrected chi connectivity index (χ1v) is 12.7. The number of esters is 2. The molecule has 1 saturated carbocycles. The molecular formula is C26H48O4. The van der Waals surface area contributed by atoms with E-state index in [1.807, 2.05) is 0 Å². The third kappa shape index (κ3) is 12.6. The maximum absolute atomic E-state index is 12.6. The van der Waals surface area contributed by atoms with Gasteiger partial charge in [-0.3, -0.25) is 9.59 Å². The van der Waals surface area contributed by atoms with Crippen molar-refractivity contribution >= 4 is 11.9 Å². The van der Waals surface area contributed by atoms with Gasteiger partial charge in [-0.2, -0.15) is 0 Å². The van der Waals surface area contributed by atoms with Crippen LogP contribution in [0.25, 0.3) is 0 Å². The van der Waals surface area contributed by atoms with Gasteiger partial charge in [-0.1, -0.05) is 85.5 Å². The molecule has 0 heterocycles. The fourth-order valence-corrected chi connectivity index (χ4v) is 4.28. The van der Waals surface area contributed by atoms with E-state index in [-0.39, 0.29) is 23.8 Å². The van der Waals surface area contributed by atoms with Gasteiger partial charge in [-0.25, -0.2) is 0 Å². The quantitative estimate of drug-likeness (QED) is 0.196. The molecule has 1 rings (SSSR count). The van der Waals surface area contributed by atoms with Gasteiger partial charge >= 0.3 is 11.9 Å². The Morgan fingerprint density at radius 2 is 1.03 bits per heavy atom. The van der Waals surface area contributed by atoms with Gasteiger partial charge in [-0.05, 0) is 43.9 Å². The second-order valence-electron chi connectivity index (χ2n) is 10.0. The van der Waals surface area contributed by atoms with Crippen molar-refractivity contribution in [2.24, 2.45) is 23.7 Å². The Hall–Kier alpha value is -1.06. The molecule has 0 N–H and O–H groups in total. The Balaban J connectivity index is 2.17. The molecule has 0 bridgehead atoms. The molecule has 0 aromatic rings. The molecule has 1 aliphatic carbocycles. The summed E-state index contributed by atoms with van der Waals surface area (Å²) in [4.78, 5) is 25.1. The predicted octanol–water partition coefficient (Wildman–Crippen LogP) is 7.09. The van der Waals surface area contributed by atoms with Gasteiger partial charge in [0.25, 0.3) is 0 Å². The van der Waals surface area contributed by atoms with Gasteiger partial charge in [0.15, 0.2) is 0 Å². The standard InChI is InChI=1S/C26H48O4/c1-21(2)15-10-8-6-5-7-9-13-19-29-25(27)23-17-11-12-18-24(23)26(28)30-20-14-16-22(3)4/h21-24H,5-20H2,1-4H3. The van der Waals surface area contributed by atoms with Gasteiger partial charge < -0.3 is 9.47 Å². The van der Waals surface area contributed by atoms with Crippen molar-refractivity contribution in [2.75, 3.05) is 13.2 Å². The maximum atomic E-state index is 12.6. The summed E-state index contributed by atoms with van der Waals surface area (Å²) in [5, 5.41) is 0. The SMILES string of the molecule is CC(C)CCCCCCCCCOC(=O)C1CCCCC1C(=O)OCCCC(C)C. The number of unbranched alkanes of at least 4 members (excludes halogenated alkanes) is 6. The van der Waals surface area contributed by atoms with E-state index in [4.69, 9.17) is 9.47 Å². The second-order valence-corrected chi connectivity index (χ2v) is 10.0. The highest BCUT2D eigenvalue weighted by molar-refractivity contribution is 5.82. The molecule has 4 nitrogen and oxygen atoms in total. The third-order valence-corrected chi connectivity index (χ3v) is 6.21. The molecule has 2 atom stereocenters. The van der Waals surface area contributed by atoms with Crippen molar-refractivity contribution in [1.29, 1.82) is 0 Å². The zero-order chi connectivity index (χ0) is 22.2. The molecule has 176 valence electrons. The summed E-state index contributed by atoms with van der Waals surface area (Å²) in [6.45, 7) is 9.86. The molecule has 0 amide bonds. The molecular weight excluding hydrogens is 376 g/mol. The monoisotopic (exact) mass is 424 g/mol. The largest absolute Gasteiger partial charge is 0.465 e. The van der Waals surface area contributed by atoms with Gasteiger partial charge in [0.2, 0.25) is 0 Å². The van der Waals surface area contributed by atoms with Crippen LogP contribution >= 0.6 is 0 Å². The number of hydrogen-bond donors (Lipinski definition) is 0. The van der Waals surface area contributed by atoms with Crippen molar-refractivity contribution in [2.45, 2.75) is 118 Å². The van der Waals surface area contributed by atoms with E-state index in [1.54, 1.807) is 0 Å². The van der Waals surface area contributed by atoms with E-state index in [0.29, 0.717) is 19.1 Å². The van der Waals surface area contributed by atoms with Gasteiger partial charge in [0.05, 0.1) is 25.0 Å². The smallest absolute Gasteiger partial charge is 0.309 e. The average molecular weight is 425 g/mol. The van der Waals surface area contributed by atoms with Crippen molar-refractivity contribution < 1.29 is 19.1 Å². The van der Waals surface area contributed by atoms with Gasteiger partial charge in [0.1, 0.15) is 0 Å². The lowest BCUT2D eigenvalue weighted by Gasteiger charge is -2.28. The van der Waals surface area contributed by atoms with Crippen LogP contribution in [-0.4, -0.2) is 25.2 Å². The van der Waals surface area contributed by atoms with Crippen LogP contribution in [0.4, 0.5) is 0 Å². The van der Waals surface area contributed by atoms with Gasteiger partial charge in [0, 0.05) is 0 Å². The molecule has 0 aromatic carbocycles. The first-order valence-electron chi connectivity index (χ1n) is 12.7. The van der Waals surface area contributed by atoms with Crippen LogP contribution in [0.2, 0.25) is 0 Å². The van der Waals surface area contributed by atoms with E-state index in [0.717, 1.165) is 57.3 Å². The number of carbonyl (C=O) groups is 2. The fraction of sp³-hybridized carbons (Fsp3) is 0.923. The normalized spacial score (nSPS) is 19.3. The Bertz CT molecular complexity index is 458. The summed E-state index contributed by atoms with van der Waals surface area (Å²) in [6.07, 6.45) is 15.3. The molecule has 1 aliphatic rings. The fourth-order valence-electron chi connectivity index (χ4n) is 4.28. The molecule has 2 unspecified atom stereocenters. The Labute approximate surface area is 185 Å². The summed E-state index contributed by atoms with van der Waals surface area (Å²) in [5.74, 6) is 0.431. The second kappa shape index (κ2) is 16.6. The molecule has 30 heavy (non-hydrogen) atoms. The molecule has 0 aliphatic heterocycles. The summed E-state index contributed by atoms with van der Waals surface area (Å²) in [5.41, 5.74) is 0. The average Bonchev–Trinajstić information content (AvgIpc) is 2.71. The number of carbonyl (C=O) groups excluding carboxylic acids is 2. The minimum Gasteiger partial charge on any atom is -0.465 e. The van der Waals surface area contributed by atoms with Crippen molar-refractivity contribution in [3.8, 4) is 0 Å². The minimum absolute atomic E-state index is 0.187. The summed E-state index contributed by atoms with van der Waals surface area (Å²) >= 11 is 0. The number of hydrogen-bond acceptors (Lipinski definition) is 4.